The highest BCUT2D eigenvalue weighted by Gasteiger charge is 2.26. The number of H-pyrrole nitrogens is 1. The van der Waals surface area contributed by atoms with Gasteiger partial charge in [-0.1, -0.05) is 0 Å². The van der Waals surface area contributed by atoms with Crippen molar-refractivity contribution in [1.82, 2.24) is 19.6 Å². The van der Waals surface area contributed by atoms with Crippen molar-refractivity contribution in [3.05, 3.63) is 71.2 Å². The average Bonchev–Trinajstić information content (AvgIpc) is 3.24. The summed E-state index contributed by atoms with van der Waals surface area (Å²) in [5.41, 5.74) is 3.81. The van der Waals surface area contributed by atoms with E-state index in [0.717, 1.165) is 24.3 Å². The van der Waals surface area contributed by atoms with Gasteiger partial charge < -0.3 is 20.5 Å². The lowest BCUT2D eigenvalue weighted by Crippen LogP contribution is -2.99. The van der Waals surface area contributed by atoms with Crippen LogP contribution in [-0.4, -0.2) is 44.8 Å². The van der Waals surface area contributed by atoms with Gasteiger partial charge in [0.05, 0.1) is 30.2 Å². The topological polar surface area (TPSA) is 94.9 Å². The lowest BCUT2D eigenvalue weighted by atomic mass is 10.1. The Balaban J connectivity index is 1.44. The monoisotopic (exact) mass is 434 g/mol. The second-order valence-corrected chi connectivity index (χ2v) is 8.41. The molecule has 0 unspecified atom stereocenters. The number of fused-ring (bicyclic) bond motifs is 1. The Morgan fingerprint density at radius 3 is 2.69 bits per heavy atom. The molecule has 0 saturated carbocycles. The molecule has 1 aromatic carbocycles. The van der Waals surface area contributed by atoms with Crippen LogP contribution in [-0.2, 0) is 0 Å². The molecule has 1 fully saturated rings. The molecule has 164 valence electrons. The van der Waals surface area contributed by atoms with E-state index in [2.05, 4.69) is 44.4 Å². The van der Waals surface area contributed by atoms with Gasteiger partial charge in [-0.3, -0.25) is 4.79 Å². The van der Waals surface area contributed by atoms with Crippen LogP contribution in [0.25, 0.3) is 16.9 Å². The van der Waals surface area contributed by atoms with Crippen molar-refractivity contribution < 1.29 is 9.71 Å². The fourth-order valence-corrected chi connectivity index (χ4v) is 4.47. The number of anilines is 3. The molecule has 1 aliphatic rings. The van der Waals surface area contributed by atoms with Gasteiger partial charge in [0.1, 0.15) is 24.2 Å². The fraction of sp³-hybridized carbons (Fsp3) is 0.261. The molecule has 0 aliphatic carbocycles. The first-order valence-electron chi connectivity index (χ1n) is 10.7. The normalized spacial score (nSPS) is 18.8. The molecule has 0 radical (unpaired) electrons. The minimum absolute atomic E-state index is 0.191. The van der Waals surface area contributed by atoms with Gasteiger partial charge in [-0.2, -0.15) is 5.10 Å². The highest BCUT2D eigenvalue weighted by molar-refractivity contribution is 5.77. The quantitative estimate of drug-likeness (QED) is 0.457. The van der Waals surface area contributed by atoms with E-state index in [1.807, 2.05) is 24.3 Å². The van der Waals surface area contributed by atoms with Crippen LogP contribution in [0.4, 0.5) is 21.5 Å². The van der Waals surface area contributed by atoms with Gasteiger partial charge in [-0.05, 0) is 50.2 Å². The third kappa shape index (κ3) is 3.82. The SMILES string of the molecule is C[C@@H]1CN(c2ccc(Nc3ccc(-c4cc[nH]c(=O)c4)n4ncnc34)cc2F)C[C@H](C)[NH2+]1. The largest absolute Gasteiger partial charge is 0.357 e. The summed E-state index contributed by atoms with van der Waals surface area (Å²) in [7, 11) is 0. The summed E-state index contributed by atoms with van der Waals surface area (Å²) in [5.74, 6) is -0.256. The first-order valence-corrected chi connectivity index (χ1v) is 10.7. The molecule has 9 heteroatoms. The Hall–Kier alpha value is -3.72. The predicted octanol–water partition coefficient (Wildman–Crippen LogP) is 2.13. The molecule has 0 spiro atoms. The molecule has 2 atom stereocenters. The second-order valence-electron chi connectivity index (χ2n) is 8.41. The number of halogens is 1. The zero-order chi connectivity index (χ0) is 22.2. The van der Waals surface area contributed by atoms with Crippen LogP contribution in [0, 0.1) is 5.82 Å². The third-order valence-electron chi connectivity index (χ3n) is 5.74. The van der Waals surface area contributed by atoms with E-state index in [1.165, 1.54) is 18.5 Å². The number of pyridine rings is 2. The van der Waals surface area contributed by atoms with Crippen LogP contribution in [0.2, 0.25) is 0 Å². The highest BCUT2D eigenvalue weighted by Crippen LogP contribution is 2.29. The highest BCUT2D eigenvalue weighted by atomic mass is 19.1. The van der Waals surface area contributed by atoms with Crippen LogP contribution in [0.15, 0.2) is 59.8 Å². The first-order chi connectivity index (χ1) is 15.5. The number of piperazine rings is 1. The molecular weight excluding hydrogens is 409 g/mol. The summed E-state index contributed by atoms with van der Waals surface area (Å²) in [6.45, 7) is 5.96. The molecule has 4 aromatic rings. The van der Waals surface area contributed by atoms with E-state index in [1.54, 1.807) is 16.8 Å². The minimum atomic E-state index is -0.256. The molecule has 1 saturated heterocycles. The lowest BCUT2D eigenvalue weighted by Gasteiger charge is -2.35. The van der Waals surface area contributed by atoms with Crippen LogP contribution in [0.3, 0.4) is 0 Å². The molecule has 4 heterocycles. The van der Waals surface area contributed by atoms with Crippen molar-refractivity contribution in [2.45, 2.75) is 25.9 Å². The predicted molar refractivity (Wildman–Crippen MR) is 122 cm³/mol. The van der Waals surface area contributed by atoms with E-state index >= 15 is 4.39 Å². The number of rotatable bonds is 4. The van der Waals surface area contributed by atoms with Gasteiger partial charge in [0.2, 0.25) is 5.56 Å². The van der Waals surface area contributed by atoms with Gasteiger partial charge >= 0.3 is 0 Å². The van der Waals surface area contributed by atoms with Gasteiger partial charge in [-0.25, -0.2) is 13.9 Å². The van der Waals surface area contributed by atoms with Gasteiger partial charge in [0, 0.05) is 23.5 Å². The maximum Gasteiger partial charge on any atom is 0.248 e. The molecule has 0 bridgehead atoms. The number of hydrogen-bond donors (Lipinski definition) is 3. The fourth-order valence-electron chi connectivity index (χ4n) is 4.47. The summed E-state index contributed by atoms with van der Waals surface area (Å²) >= 11 is 0. The van der Waals surface area contributed by atoms with Crippen LogP contribution < -0.4 is 21.1 Å². The molecular formula is C23H25FN7O+. The molecule has 0 amide bonds. The molecule has 3 aromatic heterocycles. The number of nitrogens with zero attached hydrogens (tertiary/aromatic N) is 4. The number of aromatic nitrogens is 4. The Labute approximate surface area is 184 Å². The number of hydrogen-bond acceptors (Lipinski definition) is 5. The third-order valence-corrected chi connectivity index (χ3v) is 5.74. The summed E-state index contributed by atoms with van der Waals surface area (Å²) in [6.07, 6.45) is 3.05. The van der Waals surface area contributed by atoms with Crippen molar-refractivity contribution >= 4 is 22.7 Å². The maximum atomic E-state index is 15.0. The Morgan fingerprint density at radius 1 is 1.12 bits per heavy atom. The second kappa shape index (κ2) is 8.08. The van der Waals surface area contributed by atoms with Crippen molar-refractivity contribution in [3.63, 3.8) is 0 Å². The molecule has 1 aliphatic heterocycles. The number of benzene rings is 1. The minimum Gasteiger partial charge on any atom is -0.357 e. The molecule has 4 N–H and O–H groups in total. The van der Waals surface area contributed by atoms with Crippen molar-refractivity contribution in [1.29, 1.82) is 0 Å². The Bertz CT molecular complexity index is 1320. The summed E-state index contributed by atoms with van der Waals surface area (Å²) in [5, 5.41) is 9.88. The van der Waals surface area contributed by atoms with Crippen molar-refractivity contribution in [2.24, 2.45) is 0 Å². The van der Waals surface area contributed by atoms with E-state index in [0.29, 0.717) is 34.8 Å². The van der Waals surface area contributed by atoms with E-state index in [-0.39, 0.29) is 11.4 Å². The lowest BCUT2D eigenvalue weighted by molar-refractivity contribution is -0.716. The zero-order valence-electron chi connectivity index (χ0n) is 17.9. The maximum absolute atomic E-state index is 15.0. The zero-order valence-corrected chi connectivity index (χ0v) is 17.9. The van der Waals surface area contributed by atoms with E-state index in [4.69, 9.17) is 0 Å². The summed E-state index contributed by atoms with van der Waals surface area (Å²) in [4.78, 5) is 20.8. The molecule has 5 rings (SSSR count). The number of nitrogens with one attached hydrogen (secondary N) is 2. The van der Waals surface area contributed by atoms with Crippen molar-refractivity contribution in [3.8, 4) is 11.3 Å². The smallest absolute Gasteiger partial charge is 0.248 e. The molecule has 8 nitrogen and oxygen atoms in total. The number of quaternary nitrogens is 1. The van der Waals surface area contributed by atoms with Crippen LogP contribution in [0.5, 0.6) is 0 Å². The standard InChI is InChI=1S/C23H24FN7O/c1-14-11-30(12-15(2)28-14)21-5-3-17(10-18(21)24)29-19-4-6-20(31-23(19)26-13-27-31)16-7-8-25-22(32)9-16/h3-10,13-15,28-29H,11-12H2,1-2H3,(H,25,32)/p+1/t14-,15+. The van der Waals surface area contributed by atoms with E-state index in [9.17, 15) is 4.79 Å². The van der Waals surface area contributed by atoms with Gasteiger partial charge in [0.15, 0.2) is 5.65 Å². The van der Waals surface area contributed by atoms with Crippen LogP contribution in [0.1, 0.15) is 13.8 Å². The van der Waals surface area contributed by atoms with Gasteiger partial charge in [-0.15, -0.1) is 0 Å². The Kier molecular flexibility index (Phi) is 5.10. The summed E-state index contributed by atoms with van der Waals surface area (Å²) in [6, 6.07) is 13.1. The number of nitrogens with two attached hydrogens (primary N) is 1. The van der Waals surface area contributed by atoms with Crippen molar-refractivity contribution in [2.75, 3.05) is 23.3 Å². The number of aromatic amines is 1. The Morgan fingerprint density at radius 2 is 1.94 bits per heavy atom. The summed E-state index contributed by atoms with van der Waals surface area (Å²) < 4.78 is 16.7. The average molecular weight is 434 g/mol. The van der Waals surface area contributed by atoms with Crippen LogP contribution >= 0.6 is 0 Å². The molecule has 32 heavy (non-hydrogen) atoms. The van der Waals surface area contributed by atoms with E-state index < -0.39 is 0 Å². The van der Waals surface area contributed by atoms with Gasteiger partial charge in [0.25, 0.3) is 0 Å². The first kappa shape index (κ1) is 20.2.